The summed E-state index contributed by atoms with van der Waals surface area (Å²) in [6.45, 7) is 2.00. The molecular formula is C32H26N2O4. The molecule has 0 saturated carbocycles. The smallest absolute Gasteiger partial charge is 0.255 e. The van der Waals surface area contributed by atoms with E-state index < -0.39 is 0 Å². The van der Waals surface area contributed by atoms with E-state index in [2.05, 4.69) is 11.4 Å². The Hall–Kier alpha value is -4.71. The second-order valence-electron chi connectivity index (χ2n) is 9.85. The lowest BCUT2D eigenvalue weighted by Gasteiger charge is -2.18. The third-order valence-electron chi connectivity index (χ3n) is 7.28. The van der Waals surface area contributed by atoms with Crippen LogP contribution in [-0.2, 0) is 9.59 Å². The van der Waals surface area contributed by atoms with Crippen molar-refractivity contribution in [3.8, 4) is 11.5 Å². The Morgan fingerprint density at radius 2 is 1.50 bits per heavy atom. The van der Waals surface area contributed by atoms with Gasteiger partial charge in [-0.25, -0.2) is 0 Å². The summed E-state index contributed by atoms with van der Waals surface area (Å²) >= 11 is 0. The number of fused-ring (bicyclic) bond motifs is 2. The van der Waals surface area contributed by atoms with Crippen LogP contribution in [-0.4, -0.2) is 17.7 Å². The number of imide groups is 1. The first kappa shape index (κ1) is 23.7. The van der Waals surface area contributed by atoms with E-state index in [4.69, 9.17) is 4.74 Å². The highest BCUT2D eigenvalue weighted by Gasteiger charge is 2.48. The Balaban J connectivity index is 1.10. The molecule has 0 bridgehead atoms. The van der Waals surface area contributed by atoms with Gasteiger partial charge in [0.05, 0.1) is 17.5 Å². The molecule has 1 heterocycles. The zero-order valence-electron chi connectivity index (χ0n) is 20.9. The van der Waals surface area contributed by atoms with E-state index >= 15 is 0 Å². The van der Waals surface area contributed by atoms with Gasteiger partial charge >= 0.3 is 0 Å². The third-order valence-corrected chi connectivity index (χ3v) is 7.28. The minimum atomic E-state index is -0.289. The highest BCUT2D eigenvalue weighted by molar-refractivity contribution is 6.22. The molecule has 1 aliphatic carbocycles. The normalized spacial score (nSPS) is 18.8. The van der Waals surface area contributed by atoms with E-state index in [-0.39, 0.29) is 29.6 Å². The van der Waals surface area contributed by atoms with Crippen LogP contribution in [0.2, 0.25) is 0 Å². The molecule has 4 aromatic carbocycles. The lowest BCUT2D eigenvalue weighted by Crippen LogP contribution is -2.30. The Morgan fingerprint density at radius 3 is 2.26 bits per heavy atom. The standard InChI is InChI=1S/C32H26N2O4/c1-20-6-17-28-29(18-20)32(37)34(31(28)36)25-12-7-22(8-13-25)30(35)33-24-10-15-26(16-11-24)38-27-14-9-21-4-2-3-5-23(21)19-27/h2-16,19,28-29H,17-18H2,1H3,(H,33,35)/t28-,29+/m0/s1. The van der Waals surface area contributed by atoms with Crippen LogP contribution in [0.1, 0.15) is 30.1 Å². The number of rotatable bonds is 5. The van der Waals surface area contributed by atoms with Gasteiger partial charge in [-0.2, -0.15) is 0 Å². The molecule has 0 aromatic heterocycles. The molecule has 1 saturated heterocycles. The largest absolute Gasteiger partial charge is 0.457 e. The fourth-order valence-corrected chi connectivity index (χ4v) is 5.23. The van der Waals surface area contributed by atoms with Crippen LogP contribution in [0.5, 0.6) is 11.5 Å². The topological polar surface area (TPSA) is 75.7 Å². The predicted molar refractivity (Wildman–Crippen MR) is 147 cm³/mol. The molecule has 0 unspecified atom stereocenters. The van der Waals surface area contributed by atoms with Gasteiger partial charge in [-0.1, -0.05) is 42.0 Å². The molecule has 6 rings (SSSR count). The molecule has 0 radical (unpaired) electrons. The third kappa shape index (κ3) is 4.45. The second-order valence-corrected chi connectivity index (χ2v) is 9.85. The van der Waals surface area contributed by atoms with Crippen LogP contribution < -0.4 is 15.0 Å². The second kappa shape index (κ2) is 9.63. The van der Waals surface area contributed by atoms with Crippen molar-refractivity contribution in [3.63, 3.8) is 0 Å². The molecule has 0 spiro atoms. The summed E-state index contributed by atoms with van der Waals surface area (Å²) in [6, 6.07) is 27.8. The molecular weight excluding hydrogens is 476 g/mol. The number of ether oxygens (including phenoxy) is 1. The number of amides is 3. The van der Waals surface area contributed by atoms with Crippen molar-refractivity contribution in [2.24, 2.45) is 11.8 Å². The highest BCUT2D eigenvalue weighted by atomic mass is 16.5. The van der Waals surface area contributed by atoms with Gasteiger partial charge in [0.15, 0.2) is 0 Å². The van der Waals surface area contributed by atoms with E-state index in [1.807, 2.05) is 49.4 Å². The SMILES string of the molecule is CC1=CC[C@@H]2C(=O)N(c3ccc(C(=O)Nc4ccc(Oc5ccc6ccccc6c5)cc4)cc3)C(=O)[C@@H]2C1. The van der Waals surface area contributed by atoms with Gasteiger partial charge in [-0.05, 0) is 91.2 Å². The number of hydrogen-bond donors (Lipinski definition) is 1. The lowest BCUT2D eigenvalue weighted by molar-refractivity contribution is -0.122. The maximum Gasteiger partial charge on any atom is 0.255 e. The van der Waals surface area contributed by atoms with Crippen LogP contribution in [0.15, 0.2) is 103 Å². The van der Waals surface area contributed by atoms with Crippen LogP contribution in [0, 0.1) is 11.8 Å². The number of carbonyl (C=O) groups excluding carboxylic acids is 3. The fourth-order valence-electron chi connectivity index (χ4n) is 5.23. The first-order valence-corrected chi connectivity index (χ1v) is 12.7. The minimum Gasteiger partial charge on any atom is -0.457 e. The average Bonchev–Trinajstić information content (AvgIpc) is 3.18. The summed E-state index contributed by atoms with van der Waals surface area (Å²) in [5, 5.41) is 5.13. The van der Waals surface area contributed by atoms with Gasteiger partial charge in [-0.3, -0.25) is 19.3 Å². The van der Waals surface area contributed by atoms with Crippen molar-refractivity contribution in [2.45, 2.75) is 19.8 Å². The zero-order valence-corrected chi connectivity index (χ0v) is 20.9. The number of anilines is 2. The van der Waals surface area contributed by atoms with Crippen molar-refractivity contribution in [1.29, 1.82) is 0 Å². The molecule has 6 nitrogen and oxygen atoms in total. The zero-order chi connectivity index (χ0) is 26.2. The van der Waals surface area contributed by atoms with Crippen LogP contribution >= 0.6 is 0 Å². The van der Waals surface area contributed by atoms with Gasteiger partial charge in [-0.15, -0.1) is 0 Å². The monoisotopic (exact) mass is 502 g/mol. The fraction of sp³-hybridized carbons (Fsp3) is 0.156. The molecule has 3 amide bonds. The molecule has 38 heavy (non-hydrogen) atoms. The number of nitrogens with zero attached hydrogens (tertiary/aromatic N) is 1. The Bertz CT molecular complexity index is 1590. The molecule has 1 aliphatic heterocycles. The van der Waals surface area contributed by atoms with Gasteiger partial charge in [0.25, 0.3) is 5.91 Å². The summed E-state index contributed by atoms with van der Waals surface area (Å²) in [7, 11) is 0. The molecule has 2 aliphatic rings. The highest BCUT2D eigenvalue weighted by Crippen LogP contribution is 2.39. The summed E-state index contributed by atoms with van der Waals surface area (Å²) in [5.41, 5.74) is 2.70. The van der Waals surface area contributed by atoms with Crippen LogP contribution in [0.3, 0.4) is 0 Å². The Morgan fingerprint density at radius 1 is 0.816 bits per heavy atom. The van der Waals surface area contributed by atoms with Gasteiger partial charge in [0, 0.05) is 11.3 Å². The Kier molecular flexibility index (Phi) is 6.00. The quantitative estimate of drug-likeness (QED) is 0.243. The summed E-state index contributed by atoms with van der Waals surface area (Å²) in [5.74, 6) is 0.218. The maximum atomic E-state index is 12.9. The molecule has 1 fully saturated rings. The van der Waals surface area contributed by atoms with E-state index in [0.717, 1.165) is 22.1 Å². The van der Waals surface area contributed by atoms with Gasteiger partial charge < -0.3 is 10.1 Å². The van der Waals surface area contributed by atoms with E-state index in [0.29, 0.717) is 35.5 Å². The van der Waals surface area contributed by atoms with E-state index in [1.54, 1.807) is 48.5 Å². The lowest BCUT2D eigenvalue weighted by atomic mass is 9.82. The Labute approximate surface area is 220 Å². The van der Waals surface area contributed by atoms with Crippen LogP contribution in [0.4, 0.5) is 11.4 Å². The number of allylic oxidation sites excluding steroid dienone is 2. The maximum absolute atomic E-state index is 12.9. The van der Waals surface area contributed by atoms with E-state index in [1.165, 1.54) is 4.90 Å². The van der Waals surface area contributed by atoms with Crippen molar-refractivity contribution in [3.05, 3.63) is 108 Å². The summed E-state index contributed by atoms with van der Waals surface area (Å²) in [6.07, 6.45) is 3.27. The first-order chi connectivity index (χ1) is 18.5. The number of carbonyl (C=O) groups is 3. The minimum absolute atomic E-state index is 0.157. The van der Waals surface area contributed by atoms with Crippen molar-refractivity contribution in [2.75, 3.05) is 10.2 Å². The molecule has 6 heteroatoms. The first-order valence-electron chi connectivity index (χ1n) is 12.7. The van der Waals surface area contributed by atoms with Gasteiger partial charge in [0.1, 0.15) is 11.5 Å². The number of nitrogens with one attached hydrogen (secondary N) is 1. The van der Waals surface area contributed by atoms with Crippen molar-refractivity contribution in [1.82, 2.24) is 0 Å². The average molecular weight is 503 g/mol. The predicted octanol–water partition coefficient (Wildman–Crippen LogP) is 6.73. The number of hydrogen-bond acceptors (Lipinski definition) is 4. The molecule has 2 atom stereocenters. The van der Waals surface area contributed by atoms with Crippen LogP contribution in [0.25, 0.3) is 10.8 Å². The van der Waals surface area contributed by atoms with Gasteiger partial charge in [0.2, 0.25) is 11.8 Å². The van der Waals surface area contributed by atoms with E-state index in [9.17, 15) is 14.4 Å². The molecule has 188 valence electrons. The molecule has 1 N–H and O–H groups in total. The van der Waals surface area contributed by atoms with Crippen molar-refractivity contribution < 1.29 is 19.1 Å². The summed E-state index contributed by atoms with van der Waals surface area (Å²) < 4.78 is 5.98. The number of benzene rings is 4. The summed E-state index contributed by atoms with van der Waals surface area (Å²) in [4.78, 5) is 39.9. The molecule has 4 aromatic rings. The van der Waals surface area contributed by atoms with Crippen molar-refractivity contribution >= 4 is 39.9 Å².